The number of hydrazine groups is 2. The van der Waals surface area contributed by atoms with E-state index in [2.05, 4.69) is 26.0 Å². The fraction of sp³-hybridized carbons (Fsp3) is 0.182. The first kappa shape index (κ1) is 17.0. The highest BCUT2D eigenvalue weighted by Crippen LogP contribution is 2.02. The van der Waals surface area contributed by atoms with Crippen LogP contribution in [0.5, 0.6) is 0 Å². The van der Waals surface area contributed by atoms with Crippen LogP contribution in [0.2, 0.25) is 0 Å². The van der Waals surface area contributed by atoms with Gasteiger partial charge in [-0.2, -0.15) is 10.2 Å². The van der Waals surface area contributed by atoms with Crippen molar-refractivity contribution in [3.05, 3.63) is 29.6 Å². The summed E-state index contributed by atoms with van der Waals surface area (Å²) in [7, 11) is 0. The molecule has 11 heteroatoms. The molecular weight excluding hydrogens is 290 g/mol. The molecular formula is C11H17N9O2. The van der Waals surface area contributed by atoms with Crippen LogP contribution in [0.1, 0.15) is 25.2 Å². The molecule has 1 aromatic heterocycles. The highest BCUT2D eigenvalue weighted by Gasteiger charge is 2.05. The second kappa shape index (κ2) is 8.28. The topological polar surface area (TPSA) is 172 Å². The molecule has 0 aliphatic heterocycles. The van der Waals surface area contributed by atoms with Crippen molar-refractivity contribution in [1.82, 2.24) is 26.7 Å². The van der Waals surface area contributed by atoms with E-state index in [1.807, 2.05) is 10.9 Å². The molecule has 1 aromatic rings. The minimum absolute atomic E-state index is 0.464. The number of nitrogens with two attached hydrogens (primary N) is 2. The van der Waals surface area contributed by atoms with E-state index in [0.717, 1.165) is 0 Å². The average Bonchev–Trinajstić information content (AvgIpc) is 2.56. The van der Waals surface area contributed by atoms with Gasteiger partial charge in [0, 0.05) is 0 Å². The minimum Gasteiger partial charge on any atom is -0.274 e. The zero-order chi connectivity index (χ0) is 16.5. The Balaban J connectivity index is 2.89. The Morgan fingerprint density at radius 3 is 1.73 bits per heavy atom. The molecule has 0 fully saturated rings. The molecule has 0 unspecified atom stereocenters. The Bertz CT molecular complexity index is 562. The fourth-order valence-corrected chi connectivity index (χ4v) is 1.29. The molecule has 8 N–H and O–H groups in total. The molecule has 0 atom stereocenters. The minimum atomic E-state index is -0.648. The van der Waals surface area contributed by atoms with Crippen molar-refractivity contribution in [2.45, 2.75) is 13.8 Å². The van der Waals surface area contributed by atoms with E-state index in [1.54, 1.807) is 32.0 Å². The average molecular weight is 307 g/mol. The number of rotatable bonds is 4. The van der Waals surface area contributed by atoms with Crippen molar-refractivity contribution in [2.75, 3.05) is 0 Å². The number of hydrazone groups is 2. The van der Waals surface area contributed by atoms with E-state index < -0.39 is 12.1 Å². The summed E-state index contributed by atoms with van der Waals surface area (Å²) in [5.41, 5.74) is 10.1. The molecule has 0 aliphatic rings. The van der Waals surface area contributed by atoms with Crippen LogP contribution in [-0.2, 0) is 0 Å². The van der Waals surface area contributed by atoms with Gasteiger partial charge >= 0.3 is 12.1 Å². The monoisotopic (exact) mass is 307 g/mol. The molecule has 0 aromatic carbocycles. The van der Waals surface area contributed by atoms with Crippen LogP contribution in [0.15, 0.2) is 28.4 Å². The van der Waals surface area contributed by atoms with E-state index in [4.69, 9.17) is 11.7 Å². The third-order valence-corrected chi connectivity index (χ3v) is 2.40. The largest absolute Gasteiger partial charge is 0.349 e. The second-order valence-corrected chi connectivity index (χ2v) is 3.97. The molecule has 11 nitrogen and oxygen atoms in total. The maximum absolute atomic E-state index is 11.0. The number of nitrogens with one attached hydrogen (secondary N) is 4. The molecule has 22 heavy (non-hydrogen) atoms. The summed E-state index contributed by atoms with van der Waals surface area (Å²) < 4.78 is 0. The number of hydrogen-bond acceptors (Lipinski definition) is 7. The SMILES string of the molecule is C/C(=N\NC(=O)NN)c1cccc(/C(C)=N/NC(=O)NN)n1. The molecule has 0 bridgehead atoms. The van der Waals surface area contributed by atoms with Gasteiger partial charge in [-0.25, -0.2) is 37.1 Å². The van der Waals surface area contributed by atoms with Crippen molar-refractivity contribution in [3.8, 4) is 0 Å². The lowest BCUT2D eigenvalue weighted by Crippen LogP contribution is -2.37. The Hall–Kier alpha value is -3.05. The van der Waals surface area contributed by atoms with Gasteiger partial charge < -0.3 is 0 Å². The first-order valence-corrected chi connectivity index (χ1v) is 6.07. The van der Waals surface area contributed by atoms with E-state index in [-0.39, 0.29) is 0 Å². The highest BCUT2D eigenvalue weighted by atomic mass is 16.2. The van der Waals surface area contributed by atoms with Crippen LogP contribution in [0.4, 0.5) is 9.59 Å². The van der Waals surface area contributed by atoms with Crippen LogP contribution in [-0.4, -0.2) is 28.5 Å². The maximum Gasteiger partial charge on any atom is 0.349 e. The Morgan fingerprint density at radius 1 is 0.955 bits per heavy atom. The van der Waals surface area contributed by atoms with Gasteiger partial charge in [0.05, 0.1) is 22.8 Å². The van der Waals surface area contributed by atoms with E-state index in [1.165, 1.54) is 0 Å². The predicted octanol–water partition coefficient (Wildman–Crippen LogP) is -1.12. The van der Waals surface area contributed by atoms with Crippen LogP contribution in [0, 0.1) is 0 Å². The molecule has 0 radical (unpaired) electrons. The lowest BCUT2D eigenvalue weighted by atomic mass is 10.2. The van der Waals surface area contributed by atoms with Crippen molar-refractivity contribution in [1.29, 1.82) is 0 Å². The zero-order valence-electron chi connectivity index (χ0n) is 12.0. The predicted molar refractivity (Wildman–Crippen MR) is 80.4 cm³/mol. The van der Waals surface area contributed by atoms with Crippen molar-refractivity contribution < 1.29 is 9.59 Å². The van der Waals surface area contributed by atoms with Gasteiger partial charge in [-0.15, -0.1) is 0 Å². The molecule has 1 rings (SSSR count). The number of hydrogen-bond donors (Lipinski definition) is 6. The first-order valence-electron chi connectivity index (χ1n) is 6.07. The maximum atomic E-state index is 11.0. The number of nitrogens with zero attached hydrogens (tertiary/aromatic N) is 3. The number of pyridine rings is 1. The Morgan fingerprint density at radius 2 is 1.36 bits per heavy atom. The normalized spacial score (nSPS) is 11.6. The van der Waals surface area contributed by atoms with Crippen LogP contribution in [0.25, 0.3) is 0 Å². The summed E-state index contributed by atoms with van der Waals surface area (Å²) in [6.07, 6.45) is 0. The Kier molecular flexibility index (Phi) is 6.40. The van der Waals surface area contributed by atoms with Crippen LogP contribution < -0.4 is 33.4 Å². The summed E-state index contributed by atoms with van der Waals surface area (Å²) in [4.78, 5) is 26.2. The van der Waals surface area contributed by atoms with Gasteiger partial charge in [0.15, 0.2) is 0 Å². The number of amides is 4. The zero-order valence-corrected chi connectivity index (χ0v) is 12.0. The lowest BCUT2D eigenvalue weighted by Gasteiger charge is -2.05. The third-order valence-electron chi connectivity index (χ3n) is 2.40. The van der Waals surface area contributed by atoms with Gasteiger partial charge in [-0.05, 0) is 26.0 Å². The van der Waals surface area contributed by atoms with Gasteiger partial charge in [-0.3, -0.25) is 10.9 Å². The summed E-state index contributed by atoms with van der Waals surface area (Å²) in [5, 5.41) is 7.66. The number of carbonyl (C=O) groups is 2. The van der Waals surface area contributed by atoms with Gasteiger partial charge in [0.25, 0.3) is 0 Å². The van der Waals surface area contributed by atoms with Crippen LogP contribution in [0.3, 0.4) is 0 Å². The second-order valence-electron chi connectivity index (χ2n) is 3.97. The molecule has 0 saturated carbocycles. The van der Waals surface area contributed by atoms with Gasteiger partial charge in [0.2, 0.25) is 0 Å². The van der Waals surface area contributed by atoms with Gasteiger partial charge in [0.1, 0.15) is 0 Å². The van der Waals surface area contributed by atoms with Gasteiger partial charge in [-0.1, -0.05) is 6.07 Å². The van der Waals surface area contributed by atoms with Crippen LogP contribution >= 0.6 is 0 Å². The van der Waals surface area contributed by atoms with Crippen molar-refractivity contribution >= 4 is 23.5 Å². The molecule has 4 amide bonds. The Labute approximate surface area is 126 Å². The van der Waals surface area contributed by atoms with E-state index in [9.17, 15) is 9.59 Å². The van der Waals surface area contributed by atoms with Crippen molar-refractivity contribution in [3.63, 3.8) is 0 Å². The molecule has 118 valence electrons. The summed E-state index contributed by atoms with van der Waals surface area (Å²) in [6.45, 7) is 3.32. The fourth-order valence-electron chi connectivity index (χ4n) is 1.29. The smallest absolute Gasteiger partial charge is 0.274 e. The highest BCUT2D eigenvalue weighted by molar-refractivity contribution is 6.01. The molecule has 1 heterocycles. The number of carbonyl (C=O) groups excluding carboxylic acids is 2. The van der Waals surface area contributed by atoms with E-state index in [0.29, 0.717) is 22.8 Å². The first-order chi connectivity index (χ1) is 10.5. The molecule has 0 aliphatic carbocycles. The number of aromatic nitrogens is 1. The van der Waals surface area contributed by atoms with E-state index >= 15 is 0 Å². The standard InChI is InChI=1S/C11H17N9O2/c1-6(17-19-10(21)15-12)8-4-3-5-9(14-8)7(2)18-20-11(22)16-13/h3-5H,12-13H2,1-2H3,(H2,15,19,21)(H2,16,20,22)/b17-6+,18-7+. The summed E-state index contributed by atoms with van der Waals surface area (Å²) >= 11 is 0. The molecule has 0 spiro atoms. The molecule has 0 saturated heterocycles. The summed E-state index contributed by atoms with van der Waals surface area (Å²) in [6, 6.07) is 3.85. The quantitative estimate of drug-likeness (QED) is 0.178. The van der Waals surface area contributed by atoms with Crippen molar-refractivity contribution in [2.24, 2.45) is 21.9 Å². The number of urea groups is 2. The lowest BCUT2D eigenvalue weighted by molar-refractivity contribution is 0.241. The summed E-state index contributed by atoms with van der Waals surface area (Å²) in [5.74, 6) is 9.84. The third kappa shape index (κ3) is 5.15.